The highest BCUT2D eigenvalue weighted by Crippen LogP contribution is 2.27. The number of aromatic carboxylic acids is 1. The third-order valence-electron chi connectivity index (χ3n) is 3.67. The van der Waals surface area contributed by atoms with Gasteiger partial charge in [0.2, 0.25) is 10.0 Å². The molecule has 0 unspecified atom stereocenters. The van der Waals surface area contributed by atoms with Crippen LogP contribution in [0.25, 0.3) is 0 Å². The summed E-state index contributed by atoms with van der Waals surface area (Å²) >= 11 is 0. The number of sulfonamides is 1. The fourth-order valence-corrected chi connectivity index (χ4v) is 3.75. The van der Waals surface area contributed by atoms with Gasteiger partial charge < -0.3 is 19.5 Å². The monoisotopic (exact) mass is 358 g/mol. The Kier molecular flexibility index (Phi) is 6.55. The fourth-order valence-electron chi connectivity index (χ4n) is 2.43. The Bertz CT molecular complexity index is 671. The number of nitrogens with zero attached hydrogens (tertiary/aromatic N) is 1. The lowest BCUT2D eigenvalue weighted by Crippen LogP contribution is -2.38. The smallest absolute Gasteiger partial charge is 0.335 e. The van der Waals surface area contributed by atoms with E-state index >= 15 is 0 Å². The summed E-state index contributed by atoms with van der Waals surface area (Å²) < 4.78 is 37.9. The zero-order chi connectivity index (χ0) is 17.6. The van der Waals surface area contributed by atoms with Crippen molar-refractivity contribution in [1.82, 2.24) is 4.72 Å². The van der Waals surface area contributed by atoms with Crippen LogP contribution in [-0.4, -0.2) is 66.1 Å². The van der Waals surface area contributed by atoms with Crippen LogP contribution < -0.4 is 9.62 Å². The number of hydrogen-bond donors (Lipinski definition) is 2. The van der Waals surface area contributed by atoms with Crippen LogP contribution in [0.15, 0.2) is 23.1 Å². The largest absolute Gasteiger partial charge is 0.478 e. The predicted octanol–water partition coefficient (Wildman–Crippen LogP) is 0.536. The first-order chi connectivity index (χ1) is 11.5. The van der Waals surface area contributed by atoms with Crippen LogP contribution in [0.2, 0.25) is 0 Å². The molecule has 9 heteroatoms. The number of anilines is 1. The third kappa shape index (κ3) is 4.67. The van der Waals surface area contributed by atoms with Crippen molar-refractivity contribution in [3.8, 4) is 0 Å². The molecule has 0 aliphatic carbocycles. The third-order valence-corrected chi connectivity index (χ3v) is 5.16. The molecular weight excluding hydrogens is 336 g/mol. The zero-order valence-corrected chi connectivity index (χ0v) is 14.3. The minimum absolute atomic E-state index is 0.0262. The van der Waals surface area contributed by atoms with Gasteiger partial charge in [0.05, 0.1) is 24.5 Å². The van der Waals surface area contributed by atoms with Crippen molar-refractivity contribution in [2.24, 2.45) is 0 Å². The van der Waals surface area contributed by atoms with Crippen molar-refractivity contribution in [2.45, 2.75) is 11.3 Å². The van der Waals surface area contributed by atoms with E-state index in [-0.39, 0.29) is 17.0 Å². The summed E-state index contributed by atoms with van der Waals surface area (Å²) in [6, 6.07) is 4.15. The van der Waals surface area contributed by atoms with E-state index in [9.17, 15) is 13.2 Å². The number of carbonyl (C=O) groups is 1. The molecule has 0 amide bonds. The van der Waals surface area contributed by atoms with Crippen molar-refractivity contribution < 1.29 is 27.8 Å². The fraction of sp³-hybridized carbons (Fsp3) is 0.533. The van der Waals surface area contributed by atoms with Gasteiger partial charge in [-0.25, -0.2) is 17.9 Å². The van der Waals surface area contributed by atoms with Crippen molar-refractivity contribution in [3.05, 3.63) is 23.8 Å². The summed E-state index contributed by atoms with van der Waals surface area (Å²) in [7, 11) is -2.29. The highest BCUT2D eigenvalue weighted by Gasteiger charge is 2.24. The van der Waals surface area contributed by atoms with Crippen LogP contribution in [0.5, 0.6) is 0 Å². The molecule has 8 nitrogen and oxygen atoms in total. The van der Waals surface area contributed by atoms with Gasteiger partial charge >= 0.3 is 5.97 Å². The van der Waals surface area contributed by atoms with Gasteiger partial charge in [-0.1, -0.05) is 0 Å². The second kappa shape index (κ2) is 8.43. The molecule has 0 bridgehead atoms. The molecule has 2 N–H and O–H groups in total. The van der Waals surface area contributed by atoms with E-state index in [0.29, 0.717) is 45.0 Å². The van der Waals surface area contributed by atoms with Gasteiger partial charge in [0.1, 0.15) is 4.90 Å². The molecule has 1 aromatic rings. The van der Waals surface area contributed by atoms with Gasteiger partial charge in [0.25, 0.3) is 0 Å². The lowest BCUT2D eigenvalue weighted by atomic mass is 10.2. The van der Waals surface area contributed by atoms with E-state index in [1.807, 2.05) is 4.90 Å². The second-order valence-electron chi connectivity index (χ2n) is 5.33. The number of ether oxygens (including phenoxy) is 2. The molecule has 1 aliphatic rings. The summed E-state index contributed by atoms with van der Waals surface area (Å²) in [4.78, 5) is 13.1. The maximum atomic E-state index is 12.6. The van der Waals surface area contributed by atoms with E-state index < -0.39 is 16.0 Å². The van der Waals surface area contributed by atoms with Crippen molar-refractivity contribution in [2.75, 3.05) is 51.5 Å². The molecule has 1 saturated heterocycles. The first-order valence-electron chi connectivity index (χ1n) is 7.64. The topological polar surface area (TPSA) is 105 Å². The number of carboxylic acid groups (broad SMARTS) is 1. The summed E-state index contributed by atoms with van der Waals surface area (Å²) in [5.74, 6) is -1.17. The maximum Gasteiger partial charge on any atom is 0.335 e. The molecule has 0 atom stereocenters. The number of rotatable bonds is 8. The average Bonchev–Trinajstić information content (AvgIpc) is 2.59. The normalized spacial score (nSPS) is 15.5. The van der Waals surface area contributed by atoms with E-state index in [4.69, 9.17) is 14.6 Å². The molecule has 0 saturated carbocycles. The first kappa shape index (κ1) is 18.7. The number of morpholine rings is 1. The summed E-state index contributed by atoms with van der Waals surface area (Å²) in [6.07, 6.45) is 0.529. The molecule has 0 aromatic heterocycles. The molecule has 0 spiro atoms. The van der Waals surface area contributed by atoms with Crippen LogP contribution in [0.4, 0.5) is 5.69 Å². The van der Waals surface area contributed by atoms with Crippen LogP contribution in [0, 0.1) is 0 Å². The molecule has 0 radical (unpaired) electrons. The summed E-state index contributed by atoms with van der Waals surface area (Å²) in [6.45, 7) is 2.77. The van der Waals surface area contributed by atoms with Crippen LogP contribution >= 0.6 is 0 Å². The van der Waals surface area contributed by atoms with Gasteiger partial charge in [-0.2, -0.15) is 0 Å². The van der Waals surface area contributed by atoms with Crippen LogP contribution in [0.3, 0.4) is 0 Å². The Labute approximate surface area is 141 Å². The van der Waals surface area contributed by atoms with Gasteiger partial charge in [-0.15, -0.1) is 0 Å². The number of methoxy groups -OCH3 is 1. The van der Waals surface area contributed by atoms with Gasteiger partial charge in [0, 0.05) is 33.4 Å². The highest BCUT2D eigenvalue weighted by molar-refractivity contribution is 7.89. The van der Waals surface area contributed by atoms with Crippen molar-refractivity contribution in [1.29, 1.82) is 0 Å². The number of benzene rings is 1. The van der Waals surface area contributed by atoms with E-state index in [1.54, 1.807) is 13.2 Å². The number of carboxylic acids is 1. The molecule has 1 fully saturated rings. The van der Waals surface area contributed by atoms with Gasteiger partial charge in [0.15, 0.2) is 0 Å². The summed E-state index contributed by atoms with van der Waals surface area (Å²) in [5.41, 5.74) is 0.423. The molecule has 24 heavy (non-hydrogen) atoms. The Morgan fingerprint density at radius 2 is 2.08 bits per heavy atom. The molecule has 1 aromatic carbocycles. The second-order valence-corrected chi connectivity index (χ2v) is 7.07. The van der Waals surface area contributed by atoms with E-state index in [2.05, 4.69) is 4.72 Å². The molecule has 134 valence electrons. The molecular formula is C15H22N2O6S. The van der Waals surface area contributed by atoms with Crippen LogP contribution in [0.1, 0.15) is 16.8 Å². The molecule has 2 rings (SSSR count). The van der Waals surface area contributed by atoms with Crippen molar-refractivity contribution in [3.63, 3.8) is 0 Å². The quantitative estimate of drug-likeness (QED) is 0.653. The lowest BCUT2D eigenvalue weighted by Gasteiger charge is -2.30. The predicted molar refractivity (Wildman–Crippen MR) is 88.1 cm³/mol. The van der Waals surface area contributed by atoms with Crippen molar-refractivity contribution >= 4 is 21.7 Å². The Balaban J connectivity index is 2.32. The Morgan fingerprint density at radius 3 is 2.71 bits per heavy atom. The average molecular weight is 358 g/mol. The Morgan fingerprint density at radius 1 is 1.38 bits per heavy atom. The maximum absolute atomic E-state index is 12.6. The zero-order valence-electron chi connectivity index (χ0n) is 13.5. The number of nitrogens with one attached hydrogen (secondary N) is 1. The van der Waals surface area contributed by atoms with E-state index in [1.165, 1.54) is 12.1 Å². The van der Waals surface area contributed by atoms with Crippen LogP contribution in [-0.2, 0) is 19.5 Å². The molecule has 1 heterocycles. The SMILES string of the molecule is COCCCNS(=O)(=O)c1cc(C(=O)O)ccc1N1CCOCC1. The van der Waals surface area contributed by atoms with Gasteiger partial charge in [-0.3, -0.25) is 0 Å². The minimum Gasteiger partial charge on any atom is -0.478 e. The summed E-state index contributed by atoms with van der Waals surface area (Å²) in [5, 5.41) is 9.16. The molecule has 1 aliphatic heterocycles. The van der Waals surface area contributed by atoms with E-state index in [0.717, 1.165) is 0 Å². The lowest BCUT2D eigenvalue weighted by molar-refractivity contribution is 0.0696. The first-order valence-corrected chi connectivity index (χ1v) is 9.12. The minimum atomic E-state index is -3.83. The standard InChI is InChI=1S/C15H22N2O6S/c1-22-8-2-5-16-24(20,21)14-11-12(15(18)19)3-4-13(14)17-6-9-23-10-7-17/h3-4,11,16H,2,5-10H2,1H3,(H,18,19). The Hall–Kier alpha value is -1.68. The van der Waals surface area contributed by atoms with Gasteiger partial charge in [-0.05, 0) is 24.6 Å². The highest BCUT2D eigenvalue weighted by atomic mass is 32.2. The number of hydrogen-bond acceptors (Lipinski definition) is 6.